The molecular formula is C9H7IN2S. The predicted molar refractivity (Wildman–Crippen MR) is 62.9 cm³/mol. The van der Waals surface area contributed by atoms with E-state index >= 15 is 0 Å². The Morgan fingerprint density at radius 3 is 3.00 bits per heavy atom. The lowest BCUT2D eigenvalue weighted by atomic mass is 10.3. The van der Waals surface area contributed by atoms with Crippen LogP contribution in [0.4, 0.5) is 5.69 Å². The second-order valence-electron chi connectivity index (χ2n) is 2.79. The lowest BCUT2D eigenvalue weighted by molar-refractivity contribution is 0.990. The molecule has 0 radical (unpaired) electrons. The zero-order valence-corrected chi connectivity index (χ0v) is 9.72. The van der Waals surface area contributed by atoms with Gasteiger partial charge in [0.05, 0.1) is 12.5 Å². The Morgan fingerprint density at radius 2 is 2.31 bits per heavy atom. The van der Waals surface area contributed by atoms with E-state index in [1.165, 1.54) is 4.90 Å². The van der Waals surface area contributed by atoms with Crippen molar-refractivity contribution in [1.82, 2.24) is 0 Å². The quantitative estimate of drug-likeness (QED) is 0.491. The lowest BCUT2D eigenvalue weighted by Gasteiger charge is -2.17. The first-order chi connectivity index (χ1) is 6.23. The fourth-order valence-corrected chi connectivity index (χ4v) is 3.44. The molecule has 1 heterocycles. The van der Waals surface area contributed by atoms with Crippen molar-refractivity contribution in [1.29, 1.82) is 5.26 Å². The Hall–Kier alpha value is -0.410. The molecule has 0 saturated carbocycles. The van der Waals surface area contributed by atoms with Gasteiger partial charge >= 0.3 is 0 Å². The molecule has 0 fully saturated rings. The van der Waals surface area contributed by atoms with Gasteiger partial charge in [-0.15, -0.1) is 0 Å². The van der Waals surface area contributed by atoms with Crippen LogP contribution >= 0.6 is 34.4 Å². The van der Waals surface area contributed by atoms with Crippen molar-refractivity contribution >= 4 is 40.0 Å². The third-order valence-electron chi connectivity index (χ3n) is 1.79. The number of rotatable bonds is 1. The van der Waals surface area contributed by atoms with Gasteiger partial charge in [-0.2, -0.15) is 5.26 Å². The van der Waals surface area contributed by atoms with E-state index in [0.29, 0.717) is 6.42 Å². The molecule has 0 bridgehead atoms. The summed E-state index contributed by atoms with van der Waals surface area (Å²) >= 11 is 4.01. The fraction of sp³-hybridized carbons (Fsp3) is 0.222. The Balaban J connectivity index is 2.27. The molecule has 0 aromatic heterocycles. The smallest absolute Gasteiger partial charge is 0.153 e. The molecule has 1 atom stereocenters. The highest BCUT2D eigenvalue weighted by atomic mass is 127. The van der Waals surface area contributed by atoms with Crippen molar-refractivity contribution < 1.29 is 0 Å². The van der Waals surface area contributed by atoms with Crippen LogP contribution in [0.15, 0.2) is 29.2 Å². The third-order valence-corrected chi connectivity index (χ3v) is 4.24. The minimum atomic E-state index is -0.170. The Bertz CT molecular complexity index is 347. The van der Waals surface area contributed by atoms with Crippen molar-refractivity contribution in [3.05, 3.63) is 24.3 Å². The molecule has 1 unspecified atom stereocenters. The molecule has 0 aliphatic carbocycles. The summed E-state index contributed by atoms with van der Waals surface area (Å²) in [5.74, 6) is 0. The number of hydrogen-bond acceptors (Lipinski definition) is 3. The van der Waals surface area contributed by atoms with Crippen LogP contribution in [0.25, 0.3) is 0 Å². The number of anilines is 1. The first-order valence-corrected chi connectivity index (χ1v) is 5.75. The molecule has 4 heteroatoms. The molecule has 13 heavy (non-hydrogen) atoms. The molecule has 2 nitrogen and oxygen atoms in total. The van der Waals surface area contributed by atoms with E-state index in [0.717, 1.165) is 5.69 Å². The highest BCUT2D eigenvalue weighted by Gasteiger charge is 2.34. The number of fused-ring (bicyclic) bond motifs is 1. The largest absolute Gasteiger partial charge is 0.361 e. The fourth-order valence-electron chi connectivity index (χ4n) is 1.24. The van der Waals surface area contributed by atoms with Crippen molar-refractivity contribution in [2.75, 3.05) is 5.32 Å². The van der Waals surface area contributed by atoms with Crippen molar-refractivity contribution in [2.24, 2.45) is 0 Å². The van der Waals surface area contributed by atoms with Gasteiger partial charge in [-0.3, -0.25) is 0 Å². The van der Waals surface area contributed by atoms with E-state index in [9.17, 15) is 0 Å². The van der Waals surface area contributed by atoms with Gasteiger partial charge in [0, 0.05) is 10.6 Å². The maximum atomic E-state index is 8.66. The average Bonchev–Trinajstić information content (AvgIpc) is 2.40. The Morgan fingerprint density at radius 1 is 1.54 bits per heavy atom. The van der Waals surface area contributed by atoms with Gasteiger partial charge in [0.1, 0.15) is 0 Å². The number of nitrogens with one attached hydrogen (secondary N) is 1. The van der Waals surface area contributed by atoms with Crippen molar-refractivity contribution in [2.45, 2.75) is 14.2 Å². The summed E-state index contributed by atoms with van der Waals surface area (Å²) in [5.41, 5.74) is 1.14. The number of nitriles is 1. The molecule has 0 saturated heterocycles. The number of benzene rings is 1. The van der Waals surface area contributed by atoms with E-state index in [2.05, 4.69) is 40.0 Å². The summed E-state index contributed by atoms with van der Waals surface area (Å²) < 4.78 is -0.170. The molecule has 1 aromatic carbocycles. The molecule has 0 spiro atoms. The molecule has 1 aromatic rings. The molecule has 1 aliphatic heterocycles. The van der Waals surface area contributed by atoms with E-state index in [1.54, 1.807) is 11.8 Å². The SMILES string of the molecule is N#CCC1(I)Nc2ccccc2S1. The van der Waals surface area contributed by atoms with Gasteiger partial charge in [0.15, 0.2) is 2.88 Å². The second-order valence-corrected chi connectivity index (χ2v) is 6.70. The van der Waals surface area contributed by atoms with E-state index < -0.39 is 0 Å². The number of alkyl halides is 1. The highest BCUT2D eigenvalue weighted by Crippen LogP contribution is 2.50. The molecule has 2 rings (SSSR count). The summed E-state index contributed by atoms with van der Waals surface area (Å²) in [7, 11) is 0. The summed E-state index contributed by atoms with van der Waals surface area (Å²) in [4.78, 5) is 1.23. The molecule has 0 amide bonds. The average molecular weight is 302 g/mol. The number of para-hydroxylation sites is 1. The lowest BCUT2D eigenvalue weighted by Crippen LogP contribution is -2.21. The number of nitrogens with zero attached hydrogens (tertiary/aromatic N) is 1. The van der Waals surface area contributed by atoms with Crippen LogP contribution in [-0.4, -0.2) is 2.88 Å². The summed E-state index contributed by atoms with van der Waals surface area (Å²) in [6.45, 7) is 0. The van der Waals surface area contributed by atoms with Crippen molar-refractivity contribution in [3.8, 4) is 6.07 Å². The standard InChI is InChI=1S/C9H7IN2S/c10-9(5-6-11)12-7-3-1-2-4-8(7)13-9/h1-4,12H,5H2. The number of halogens is 1. The van der Waals surface area contributed by atoms with Gasteiger partial charge in [-0.1, -0.05) is 23.9 Å². The van der Waals surface area contributed by atoms with Crippen LogP contribution in [0.1, 0.15) is 6.42 Å². The monoisotopic (exact) mass is 302 g/mol. The number of hydrogen-bond donors (Lipinski definition) is 1. The van der Waals surface area contributed by atoms with Crippen LogP contribution in [-0.2, 0) is 0 Å². The van der Waals surface area contributed by atoms with Gasteiger partial charge in [-0.05, 0) is 34.7 Å². The summed E-state index contributed by atoms with van der Waals surface area (Å²) in [6.07, 6.45) is 0.507. The third kappa shape index (κ3) is 1.76. The molecule has 1 N–H and O–H groups in total. The summed E-state index contributed by atoms with van der Waals surface area (Å²) in [6, 6.07) is 10.3. The normalized spacial score (nSPS) is 24.6. The highest BCUT2D eigenvalue weighted by molar-refractivity contribution is 14.1. The maximum Gasteiger partial charge on any atom is 0.153 e. The number of thioether (sulfide) groups is 1. The molecule has 1 aliphatic rings. The first kappa shape index (κ1) is 9.16. The maximum absolute atomic E-state index is 8.66. The molecular weight excluding hydrogens is 295 g/mol. The van der Waals surface area contributed by atoms with Crippen LogP contribution in [0.3, 0.4) is 0 Å². The molecule has 66 valence electrons. The topological polar surface area (TPSA) is 35.8 Å². The van der Waals surface area contributed by atoms with Crippen LogP contribution in [0.2, 0.25) is 0 Å². The zero-order chi connectivity index (χ0) is 9.31. The van der Waals surface area contributed by atoms with Crippen LogP contribution < -0.4 is 5.32 Å². The Kier molecular flexibility index (Phi) is 2.39. The van der Waals surface area contributed by atoms with Gasteiger partial charge in [0.25, 0.3) is 0 Å². The second kappa shape index (κ2) is 3.39. The van der Waals surface area contributed by atoms with Crippen molar-refractivity contribution in [3.63, 3.8) is 0 Å². The predicted octanol–water partition coefficient (Wildman–Crippen LogP) is 3.21. The summed E-state index contributed by atoms with van der Waals surface area (Å²) in [5, 5.41) is 12.0. The van der Waals surface area contributed by atoms with E-state index in [1.807, 2.05) is 18.2 Å². The minimum absolute atomic E-state index is 0.170. The van der Waals surface area contributed by atoms with Gasteiger partial charge in [0.2, 0.25) is 0 Å². The first-order valence-electron chi connectivity index (χ1n) is 3.86. The van der Waals surface area contributed by atoms with E-state index in [4.69, 9.17) is 5.26 Å². The zero-order valence-electron chi connectivity index (χ0n) is 6.75. The van der Waals surface area contributed by atoms with E-state index in [-0.39, 0.29) is 2.88 Å². The van der Waals surface area contributed by atoms with Gasteiger partial charge < -0.3 is 5.32 Å². The van der Waals surface area contributed by atoms with Crippen LogP contribution in [0.5, 0.6) is 0 Å². The van der Waals surface area contributed by atoms with Gasteiger partial charge in [-0.25, -0.2) is 0 Å². The van der Waals surface area contributed by atoms with Crippen LogP contribution in [0, 0.1) is 11.3 Å². The Labute approximate surface area is 94.8 Å². The minimum Gasteiger partial charge on any atom is -0.361 e.